The molecule has 0 aliphatic carbocycles. The lowest BCUT2D eigenvalue weighted by Crippen LogP contribution is -2.13. The average Bonchev–Trinajstić information content (AvgIpc) is 3.41. The van der Waals surface area contributed by atoms with Crippen molar-refractivity contribution in [3.63, 3.8) is 0 Å². The number of aryl methyl sites for hydroxylation is 3. The van der Waals surface area contributed by atoms with Crippen LogP contribution in [0.4, 0.5) is 0 Å². The maximum Gasteiger partial charge on any atom is 0.161 e. The smallest absolute Gasteiger partial charge is 0.161 e. The Labute approximate surface area is 246 Å². The lowest BCUT2D eigenvalue weighted by atomic mass is 9.90. The van der Waals surface area contributed by atoms with Crippen LogP contribution in [-0.4, -0.2) is 15.0 Å². The first-order chi connectivity index (χ1) is 22.8. The van der Waals surface area contributed by atoms with E-state index in [1.165, 1.54) is 18.3 Å². The Kier molecular flexibility index (Phi) is 3.60. The van der Waals surface area contributed by atoms with E-state index in [2.05, 4.69) is 9.97 Å². The maximum absolute atomic E-state index is 8.44. The predicted molar refractivity (Wildman–Crippen MR) is 166 cm³/mol. The number of aromatic nitrogens is 3. The van der Waals surface area contributed by atoms with Gasteiger partial charge in [-0.25, -0.2) is 4.98 Å². The highest BCUT2D eigenvalue weighted by molar-refractivity contribution is 6.16. The molecule has 0 bridgehead atoms. The Bertz CT molecular complexity index is 2450. The number of fused-ring (bicyclic) bond motifs is 6. The predicted octanol–water partition coefficient (Wildman–Crippen LogP) is 9.63. The Morgan fingerprint density at radius 2 is 1.50 bits per heavy atom. The standard InChI is InChI=1S/C36H31N3O/c1-20-16-30-24(13-15-32(39-30)36(4,5)6)17-28(20)29-18-31(37-19-21(29)2)27-9-7-8-25-26-14-12-23-11-10-22(3)38-33(23)35(26)40-34(25)27/h7-19H,1-6H3/i1D3,2D3,3D3. The first-order valence-corrected chi connectivity index (χ1v) is 13.0. The maximum atomic E-state index is 8.44. The summed E-state index contributed by atoms with van der Waals surface area (Å²) in [7, 11) is 0. The molecule has 4 nitrogen and oxygen atoms in total. The number of para-hydroxylation sites is 1. The van der Waals surface area contributed by atoms with E-state index in [9.17, 15) is 0 Å². The van der Waals surface area contributed by atoms with E-state index >= 15 is 0 Å². The molecule has 0 atom stereocenters. The van der Waals surface area contributed by atoms with Gasteiger partial charge in [-0.3, -0.25) is 9.97 Å². The average molecular weight is 531 g/mol. The quantitative estimate of drug-likeness (QED) is 0.223. The van der Waals surface area contributed by atoms with Crippen LogP contribution in [0.2, 0.25) is 0 Å². The summed E-state index contributed by atoms with van der Waals surface area (Å²) in [5, 5.41) is 2.83. The van der Waals surface area contributed by atoms with Gasteiger partial charge >= 0.3 is 0 Å². The van der Waals surface area contributed by atoms with Gasteiger partial charge in [-0.2, -0.15) is 0 Å². The van der Waals surface area contributed by atoms with Crippen molar-refractivity contribution < 1.29 is 16.8 Å². The first-order valence-electron chi connectivity index (χ1n) is 17.5. The van der Waals surface area contributed by atoms with Crippen molar-refractivity contribution in [1.82, 2.24) is 15.0 Å². The highest BCUT2D eigenvalue weighted by atomic mass is 16.3. The number of benzene rings is 3. The van der Waals surface area contributed by atoms with E-state index in [-0.39, 0.29) is 33.4 Å². The zero-order valence-electron chi connectivity index (χ0n) is 31.3. The minimum Gasteiger partial charge on any atom is -0.453 e. The van der Waals surface area contributed by atoms with Gasteiger partial charge in [-0.05, 0) is 85.3 Å². The van der Waals surface area contributed by atoms with Gasteiger partial charge in [-0.1, -0.05) is 51.1 Å². The lowest BCUT2D eigenvalue weighted by molar-refractivity contribution is 0.571. The van der Waals surface area contributed by atoms with E-state index in [1.807, 2.05) is 57.2 Å². The minimum absolute atomic E-state index is 0.0224. The molecule has 0 spiro atoms. The van der Waals surface area contributed by atoms with Crippen LogP contribution in [-0.2, 0) is 5.41 Å². The van der Waals surface area contributed by atoms with Crippen molar-refractivity contribution in [3.8, 4) is 22.4 Å². The molecule has 0 amide bonds. The van der Waals surface area contributed by atoms with Crippen LogP contribution in [0, 0.1) is 20.6 Å². The van der Waals surface area contributed by atoms with Crippen molar-refractivity contribution in [1.29, 1.82) is 0 Å². The summed E-state index contributed by atoms with van der Waals surface area (Å²) < 4.78 is 80.3. The molecule has 0 fully saturated rings. The second-order valence-electron chi connectivity index (χ2n) is 11.1. The number of hydrogen-bond acceptors (Lipinski definition) is 4. The summed E-state index contributed by atoms with van der Waals surface area (Å²) in [5.74, 6) is 0. The summed E-state index contributed by atoms with van der Waals surface area (Å²) in [4.78, 5) is 13.8. The molecule has 0 radical (unpaired) electrons. The van der Waals surface area contributed by atoms with Gasteiger partial charge in [-0.15, -0.1) is 0 Å². The topological polar surface area (TPSA) is 51.8 Å². The molecule has 7 aromatic rings. The number of pyridine rings is 3. The van der Waals surface area contributed by atoms with Crippen molar-refractivity contribution in [2.75, 3.05) is 0 Å². The van der Waals surface area contributed by atoms with Crippen LogP contribution in [0.25, 0.3) is 66.1 Å². The van der Waals surface area contributed by atoms with Gasteiger partial charge in [0.05, 0.1) is 11.2 Å². The van der Waals surface area contributed by atoms with Crippen LogP contribution in [0.15, 0.2) is 83.4 Å². The number of nitrogens with zero attached hydrogens (tertiary/aromatic N) is 3. The molecule has 4 heteroatoms. The highest BCUT2D eigenvalue weighted by Crippen LogP contribution is 2.39. The zero-order chi connectivity index (χ0) is 35.3. The van der Waals surface area contributed by atoms with Crippen LogP contribution in [0.3, 0.4) is 0 Å². The van der Waals surface area contributed by atoms with Gasteiger partial charge in [0.25, 0.3) is 0 Å². The minimum atomic E-state index is -2.60. The molecule has 0 aliphatic heterocycles. The summed E-state index contributed by atoms with van der Waals surface area (Å²) in [5.41, 5.74) is 3.49. The zero-order valence-corrected chi connectivity index (χ0v) is 22.3. The third kappa shape index (κ3) is 3.86. The normalized spacial score (nSPS) is 16.5. The summed E-state index contributed by atoms with van der Waals surface area (Å²) in [6.45, 7) is -1.52. The summed E-state index contributed by atoms with van der Waals surface area (Å²) >= 11 is 0. The van der Waals surface area contributed by atoms with Gasteiger partial charge in [0.2, 0.25) is 0 Å². The molecule has 196 valence electrons. The van der Waals surface area contributed by atoms with E-state index in [0.29, 0.717) is 44.2 Å². The summed E-state index contributed by atoms with van der Waals surface area (Å²) in [6.07, 6.45) is 1.27. The first kappa shape index (κ1) is 16.5. The fraction of sp³-hybridized carbons (Fsp3) is 0.194. The monoisotopic (exact) mass is 530 g/mol. The third-order valence-electron chi connectivity index (χ3n) is 7.39. The third-order valence-corrected chi connectivity index (χ3v) is 7.39. The number of hydrogen-bond donors (Lipinski definition) is 0. The Morgan fingerprint density at radius 1 is 0.700 bits per heavy atom. The molecule has 4 heterocycles. The molecular weight excluding hydrogens is 490 g/mol. The molecule has 0 aliphatic rings. The van der Waals surface area contributed by atoms with Crippen molar-refractivity contribution in [2.24, 2.45) is 0 Å². The fourth-order valence-corrected chi connectivity index (χ4v) is 5.28. The molecule has 0 saturated heterocycles. The van der Waals surface area contributed by atoms with Crippen LogP contribution < -0.4 is 0 Å². The van der Waals surface area contributed by atoms with Crippen LogP contribution in [0.5, 0.6) is 0 Å². The second kappa shape index (κ2) is 8.72. The molecule has 0 unspecified atom stereocenters. The Hall–Kier alpha value is -4.57. The van der Waals surface area contributed by atoms with Crippen molar-refractivity contribution >= 4 is 43.7 Å². The van der Waals surface area contributed by atoms with E-state index in [1.54, 1.807) is 24.3 Å². The van der Waals surface area contributed by atoms with E-state index < -0.39 is 20.6 Å². The van der Waals surface area contributed by atoms with Gasteiger partial charge in [0.15, 0.2) is 5.58 Å². The molecular formula is C36H31N3O. The van der Waals surface area contributed by atoms with Gasteiger partial charge < -0.3 is 4.42 Å². The fourth-order valence-electron chi connectivity index (χ4n) is 5.28. The SMILES string of the molecule is [2H]C([2H])([2H])c1ccc2ccc3c4cccc(-c5cc(-c6cc7ccc(C(C)(C)C)nc7cc6C([2H])([2H])[2H])c(C([2H])([2H])[2H])cn5)c4oc3c2n1. The number of rotatable bonds is 2. The molecule has 0 N–H and O–H groups in total. The van der Waals surface area contributed by atoms with Crippen molar-refractivity contribution in [3.05, 3.63) is 102 Å². The number of furan rings is 1. The van der Waals surface area contributed by atoms with Crippen LogP contribution in [0.1, 0.15) is 55.6 Å². The largest absolute Gasteiger partial charge is 0.453 e. The Morgan fingerprint density at radius 3 is 2.33 bits per heavy atom. The molecule has 0 saturated carbocycles. The van der Waals surface area contributed by atoms with Crippen molar-refractivity contribution in [2.45, 2.75) is 46.7 Å². The van der Waals surface area contributed by atoms with E-state index in [0.717, 1.165) is 16.5 Å². The van der Waals surface area contributed by atoms with Crippen LogP contribution >= 0.6 is 0 Å². The second-order valence-corrected chi connectivity index (χ2v) is 11.1. The molecule has 3 aromatic carbocycles. The molecule has 40 heavy (non-hydrogen) atoms. The lowest BCUT2D eigenvalue weighted by Gasteiger charge is -2.19. The Balaban J connectivity index is 1.49. The highest BCUT2D eigenvalue weighted by Gasteiger charge is 2.19. The van der Waals surface area contributed by atoms with Gasteiger partial charge in [0.1, 0.15) is 11.1 Å². The van der Waals surface area contributed by atoms with E-state index in [4.69, 9.17) is 21.7 Å². The molecule has 7 rings (SSSR count). The van der Waals surface area contributed by atoms with Gasteiger partial charge in [0, 0.05) is 62.4 Å². The summed E-state index contributed by atoms with van der Waals surface area (Å²) in [6, 6.07) is 21.0. The molecule has 4 aromatic heterocycles.